The van der Waals surface area contributed by atoms with Crippen LogP contribution in [0.25, 0.3) is 0 Å². The zero-order valence-corrected chi connectivity index (χ0v) is 18.4. The van der Waals surface area contributed by atoms with E-state index in [-0.39, 0.29) is 30.0 Å². The molecular formula is C23H26N4O6. The van der Waals surface area contributed by atoms with Crippen molar-refractivity contribution in [3.8, 4) is 0 Å². The first-order valence-electron chi connectivity index (χ1n) is 10.9. The molecule has 1 fully saturated rings. The molecule has 1 aliphatic heterocycles. The van der Waals surface area contributed by atoms with E-state index in [1.54, 1.807) is 36.3 Å². The summed E-state index contributed by atoms with van der Waals surface area (Å²) in [4.78, 5) is 38.2. The quantitative estimate of drug-likeness (QED) is 0.424. The van der Waals surface area contributed by atoms with Crippen LogP contribution in [-0.4, -0.2) is 59.2 Å². The van der Waals surface area contributed by atoms with Crippen LogP contribution < -0.4 is 0 Å². The summed E-state index contributed by atoms with van der Waals surface area (Å²) in [5, 5.41) is 16.9. The van der Waals surface area contributed by atoms with Crippen LogP contribution in [-0.2, 0) is 14.3 Å². The first-order valence-corrected chi connectivity index (χ1v) is 10.9. The Labute approximate surface area is 190 Å². The highest BCUT2D eigenvalue weighted by Gasteiger charge is 2.37. The van der Waals surface area contributed by atoms with Crippen LogP contribution >= 0.6 is 0 Å². The minimum atomic E-state index is -0.463. The van der Waals surface area contributed by atoms with Gasteiger partial charge in [-0.3, -0.25) is 19.7 Å². The lowest BCUT2D eigenvalue weighted by atomic mass is 9.84. The number of hydrogen-bond acceptors (Lipinski definition) is 7. The van der Waals surface area contributed by atoms with Crippen molar-refractivity contribution >= 4 is 23.2 Å². The molecule has 10 heteroatoms. The van der Waals surface area contributed by atoms with Crippen LogP contribution in [0.15, 0.2) is 52.2 Å². The van der Waals surface area contributed by atoms with Crippen molar-refractivity contribution in [3.63, 3.8) is 0 Å². The molecule has 1 aliphatic carbocycles. The van der Waals surface area contributed by atoms with E-state index in [4.69, 9.17) is 9.15 Å². The van der Waals surface area contributed by atoms with Crippen LogP contribution in [0.3, 0.4) is 0 Å². The van der Waals surface area contributed by atoms with Gasteiger partial charge in [0.25, 0.3) is 11.6 Å². The van der Waals surface area contributed by atoms with Gasteiger partial charge in [0.15, 0.2) is 0 Å². The molecular weight excluding hydrogens is 428 g/mol. The molecule has 1 atom stereocenters. The molecule has 1 saturated carbocycles. The van der Waals surface area contributed by atoms with Crippen LogP contribution in [0.2, 0.25) is 0 Å². The number of carbonyl (C=O) groups is 2. The first-order chi connectivity index (χ1) is 16.0. The van der Waals surface area contributed by atoms with Crippen LogP contribution in [0, 0.1) is 16.0 Å². The van der Waals surface area contributed by atoms with E-state index in [1.807, 2.05) is 0 Å². The third-order valence-corrected chi connectivity index (χ3v) is 6.11. The van der Waals surface area contributed by atoms with E-state index in [0.29, 0.717) is 36.6 Å². The zero-order valence-electron chi connectivity index (χ0n) is 18.4. The number of carbonyl (C=O) groups excluding carboxylic acids is 2. The molecule has 2 aromatic rings. The highest BCUT2D eigenvalue weighted by molar-refractivity contribution is 6.03. The molecule has 10 nitrogen and oxygen atoms in total. The average Bonchev–Trinajstić information content (AvgIpc) is 3.45. The smallest absolute Gasteiger partial charge is 0.269 e. The second-order valence-electron chi connectivity index (χ2n) is 8.20. The molecule has 1 aromatic heterocycles. The number of hydrogen-bond donors (Lipinski definition) is 0. The zero-order chi connectivity index (χ0) is 23.4. The second-order valence-corrected chi connectivity index (χ2v) is 8.20. The van der Waals surface area contributed by atoms with E-state index < -0.39 is 11.0 Å². The van der Waals surface area contributed by atoms with Gasteiger partial charge in [-0.2, -0.15) is 5.10 Å². The monoisotopic (exact) mass is 454 g/mol. The largest absolute Gasteiger partial charge is 0.467 e. The van der Waals surface area contributed by atoms with Crippen molar-refractivity contribution in [1.29, 1.82) is 0 Å². The highest BCUT2D eigenvalue weighted by atomic mass is 16.6. The molecule has 2 aliphatic rings. The number of non-ortho nitro benzene ring substituents is 1. The Bertz CT molecular complexity index is 1030. The van der Waals surface area contributed by atoms with Crippen molar-refractivity contribution in [2.24, 2.45) is 11.0 Å². The molecule has 1 aromatic carbocycles. The number of ether oxygens (including phenoxy) is 1. The molecule has 0 bridgehead atoms. The van der Waals surface area contributed by atoms with Gasteiger partial charge < -0.3 is 14.1 Å². The van der Waals surface area contributed by atoms with Gasteiger partial charge in [0.1, 0.15) is 18.3 Å². The van der Waals surface area contributed by atoms with E-state index in [1.165, 1.54) is 23.4 Å². The number of nitrogens with zero attached hydrogens (tertiary/aromatic N) is 4. The van der Waals surface area contributed by atoms with Gasteiger partial charge in [0.2, 0.25) is 5.91 Å². The van der Waals surface area contributed by atoms with Gasteiger partial charge in [-0.1, -0.05) is 6.42 Å². The summed E-state index contributed by atoms with van der Waals surface area (Å²) >= 11 is 0. The van der Waals surface area contributed by atoms with E-state index in [9.17, 15) is 19.7 Å². The molecule has 0 radical (unpaired) electrons. The van der Waals surface area contributed by atoms with Gasteiger partial charge in [-0.15, -0.1) is 0 Å². The lowest BCUT2D eigenvalue weighted by Crippen LogP contribution is -2.46. The molecule has 0 unspecified atom stereocenters. The maximum Gasteiger partial charge on any atom is 0.269 e. The van der Waals surface area contributed by atoms with Crippen molar-refractivity contribution < 1.29 is 23.7 Å². The molecule has 0 saturated heterocycles. The summed E-state index contributed by atoms with van der Waals surface area (Å²) in [6.45, 7) is 0.563. The molecule has 2 heterocycles. The van der Waals surface area contributed by atoms with Gasteiger partial charge in [0.05, 0.1) is 23.5 Å². The molecule has 174 valence electrons. The van der Waals surface area contributed by atoms with Crippen molar-refractivity contribution in [3.05, 3.63) is 64.1 Å². The molecule has 0 N–H and O–H groups in total. The normalized spacial score (nSPS) is 18.0. The Morgan fingerprint density at radius 3 is 2.61 bits per heavy atom. The fourth-order valence-electron chi connectivity index (χ4n) is 4.01. The fourth-order valence-corrected chi connectivity index (χ4v) is 4.01. The minimum absolute atomic E-state index is 0.0174. The number of hydrazone groups is 1. The van der Waals surface area contributed by atoms with Gasteiger partial charge in [0, 0.05) is 38.1 Å². The highest BCUT2D eigenvalue weighted by Crippen LogP contribution is 2.34. The number of furan rings is 1. The Kier molecular flexibility index (Phi) is 6.83. The lowest BCUT2D eigenvalue weighted by Gasteiger charge is -2.32. The number of rotatable bonds is 9. The minimum Gasteiger partial charge on any atom is -0.467 e. The molecule has 2 amide bonds. The Hall–Kier alpha value is -3.53. The SMILES string of the molecule is COCCN(CC(=O)N1N=C(c2ccc([N+](=O)[O-])cc2)C[C@@H]1c1ccco1)C(=O)C1CCC1. The number of methoxy groups -OCH3 is 1. The fraction of sp³-hybridized carbons (Fsp3) is 0.435. The van der Waals surface area contributed by atoms with Crippen LogP contribution in [0.1, 0.15) is 43.0 Å². The third-order valence-electron chi connectivity index (χ3n) is 6.11. The third kappa shape index (κ3) is 4.95. The summed E-state index contributed by atoms with van der Waals surface area (Å²) in [7, 11) is 1.56. The summed E-state index contributed by atoms with van der Waals surface area (Å²) in [6.07, 6.45) is 4.64. The molecule has 4 rings (SSSR count). The number of nitro groups is 1. The number of benzene rings is 1. The predicted octanol–water partition coefficient (Wildman–Crippen LogP) is 3.14. The van der Waals surface area contributed by atoms with Crippen LogP contribution in [0.5, 0.6) is 0 Å². The standard InChI is InChI=1S/C23H26N4O6/c1-32-13-11-25(23(29)17-4-2-5-17)15-22(28)26-20(21-6-3-12-33-21)14-19(24-26)16-7-9-18(10-8-16)27(30)31/h3,6-10,12,17,20H,2,4-5,11,13-15H2,1H3/t20-/m1/s1. The average molecular weight is 454 g/mol. The Balaban J connectivity index is 1.56. The summed E-state index contributed by atoms with van der Waals surface area (Å²) in [5.41, 5.74) is 1.29. The molecule has 0 spiro atoms. The van der Waals surface area contributed by atoms with Crippen molar-refractivity contribution in [2.75, 3.05) is 26.8 Å². The van der Waals surface area contributed by atoms with Crippen LogP contribution in [0.4, 0.5) is 5.69 Å². The number of amides is 2. The summed E-state index contributed by atoms with van der Waals surface area (Å²) in [5.74, 6) is 0.197. The van der Waals surface area contributed by atoms with E-state index in [2.05, 4.69) is 5.10 Å². The van der Waals surface area contributed by atoms with E-state index in [0.717, 1.165) is 19.3 Å². The second kappa shape index (κ2) is 9.95. The topological polar surface area (TPSA) is 118 Å². The van der Waals surface area contributed by atoms with Crippen molar-refractivity contribution in [1.82, 2.24) is 9.91 Å². The molecule has 33 heavy (non-hydrogen) atoms. The summed E-state index contributed by atoms with van der Waals surface area (Å²) in [6, 6.07) is 9.13. The summed E-state index contributed by atoms with van der Waals surface area (Å²) < 4.78 is 10.7. The van der Waals surface area contributed by atoms with Gasteiger partial charge >= 0.3 is 0 Å². The van der Waals surface area contributed by atoms with E-state index >= 15 is 0 Å². The first kappa shape index (κ1) is 22.7. The Morgan fingerprint density at radius 2 is 2.03 bits per heavy atom. The Morgan fingerprint density at radius 1 is 1.27 bits per heavy atom. The van der Waals surface area contributed by atoms with Gasteiger partial charge in [-0.25, -0.2) is 5.01 Å². The predicted molar refractivity (Wildman–Crippen MR) is 118 cm³/mol. The maximum atomic E-state index is 13.3. The lowest BCUT2D eigenvalue weighted by molar-refractivity contribution is -0.384. The van der Waals surface area contributed by atoms with Gasteiger partial charge in [-0.05, 0) is 42.7 Å². The maximum absolute atomic E-state index is 13.3. The van der Waals surface area contributed by atoms with Crippen molar-refractivity contribution in [2.45, 2.75) is 31.7 Å². The number of nitro benzene ring substituents is 1.